The number of aliphatic hydroxyl groups excluding tert-OH is 1. The highest BCUT2D eigenvalue weighted by Gasteiger charge is 2.35. The lowest BCUT2D eigenvalue weighted by Gasteiger charge is -2.41. The zero-order valence-electron chi connectivity index (χ0n) is 9.99. The molecule has 1 heterocycles. The molecule has 1 fully saturated rings. The summed E-state index contributed by atoms with van der Waals surface area (Å²) in [5.41, 5.74) is -0.0103. The fraction of sp³-hybridized carbons (Fsp3) is 0.750. The van der Waals surface area contributed by atoms with Crippen molar-refractivity contribution in [3.8, 4) is 0 Å². The van der Waals surface area contributed by atoms with Gasteiger partial charge >= 0.3 is 0 Å². The van der Waals surface area contributed by atoms with Crippen molar-refractivity contribution >= 4 is 11.3 Å². The molecular weight excluding hydrogens is 220 g/mol. The molecule has 1 aliphatic rings. The molecule has 0 bridgehead atoms. The average molecular weight is 240 g/mol. The molecular formula is C12H20N2OS. The van der Waals surface area contributed by atoms with Gasteiger partial charge in [0, 0.05) is 23.2 Å². The first kappa shape index (κ1) is 12.0. The van der Waals surface area contributed by atoms with Gasteiger partial charge in [0.2, 0.25) is 0 Å². The standard InChI is InChI=1S/C12H20N2OS/c1-9(2)10-6-13-11(16-10)7-14-12(8-15)4-3-5-12/h6,9,14-15H,3-5,7-8H2,1-2H3. The first-order valence-electron chi connectivity index (χ1n) is 5.96. The van der Waals surface area contributed by atoms with E-state index < -0.39 is 0 Å². The van der Waals surface area contributed by atoms with Crippen LogP contribution in [-0.4, -0.2) is 22.2 Å². The Bertz CT molecular complexity index is 339. The highest BCUT2D eigenvalue weighted by Crippen LogP contribution is 2.32. The molecule has 1 saturated carbocycles. The number of thiazole rings is 1. The van der Waals surface area contributed by atoms with E-state index in [0.29, 0.717) is 5.92 Å². The molecule has 1 aromatic rings. The van der Waals surface area contributed by atoms with Gasteiger partial charge in [-0.05, 0) is 25.2 Å². The van der Waals surface area contributed by atoms with Gasteiger partial charge in [0.15, 0.2) is 0 Å². The fourth-order valence-corrected chi connectivity index (χ4v) is 2.79. The Labute approximate surface area is 101 Å². The lowest BCUT2D eigenvalue weighted by atomic mass is 9.77. The molecule has 3 nitrogen and oxygen atoms in total. The predicted molar refractivity (Wildman–Crippen MR) is 66.7 cm³/mol. The molecule has 0 atom stereocenters. The van der Waals surface area contributed by atoms with Crippen molar-refractivity contribution in [1.29, 1.82) is 0 Å². The molecule has 0 saturated heterocycles. The van der Waals surface area contributed by atoms with Crippen molar-refractivity contribution in [1.82, 2.24) is 10.3 Å². The van der Waals surface area contributed by atoms with Crippen molar-refractivity contribution in [3.05, 3.63) is 16.1 Å². The van der Waals surface area contributed by atoms with Crippen molar-refractivity contribution in [2.45, 2.75) is 51.1 Å². The lowest BCUT2D eigenvalue weighted by molar-refractivity contribution is 0.0872. The summed E-state index contributed by atoms with van der Waals surface area (Å²) in [5, 5.41) is 13.9. The summed E-state index contributed by atoms with van der Waals surface area (Å²) in [6.45, 7) is 5.41. The molecule has 0 aliphatic heterocycles. The number of nitrogens with zero attached hydrogens (tertiary/aromatic N) is 1. The summed E-state index contributed by atoms with van der Waals surface area (Å²) < 4.78 is 0. The fourth-order valence-electron chi connectivity index (χ4n) is 1.93. The Balaban J connectivity index is 1.89. The molecule has 0 amide bonds. The van der Waals surface area contributed by atoms with Gasteiger partial charge in [-0.15, -0.1) is 11.3 Å². The van der Waals surface area contributed by atoms with Gasteiger partial charge in [-0.3, -0.25) is 0 Å². The highest BCUT2D eigenvalue weighted by molar-refractivity contribution is 7.11. The molecule has 1 aliphatic carbocycles. The van der Waals surface area contributed by atoms with Crippen molar-refractivity contribution < 1.29 is 5.11 Å². The van der Waals surface area contributed by atoms with Gasteiger partial charge < -0.3 is 10.4 Å². The third-order valence-corrected chi connectivity index (χ3v) is 4.67. The van der Waals surface area contributed by atoms with Crippen LogP contribution in [0.5, 0.6) is 0 Å². The van der Waals surface area contributed by atoms with Crippen LogP contribution in [-0.2, 0) is 6.54 Å². The summed E-state index contributed by atoms with van der Waals surface area (Å²) in [5.74, 6) is 0.557. The molecule has 90 valence electrons. The van der Waals surface area contributed by atoms with Crippen molar-refractivity contribution in [2.24, 2.45) is 0 Å². The van der Waals surface area contributed by atoms with Crippen molar-refractivity contribution in [2.75, 3.05) is 6.61 Å². The zero-order valence-corrected chi connectivity index (χ0v) is 10.8. The summed E-state index contributed by atoms with van der Waals surface area (Å²) in [4.78, 5) is 5.74. The van der Waals surface area contributed by atoms with E-state index in [2.05, 4.69) is 24.1 Å². The topological polar surface area (TPSA) is 45.2 Å². The smallest absolute Gasteiger partial charge is 0.107 e. The minimum Gasteiger partial charge on any atom is -0.394 e. The molecule has 1 aromatic heterocycles. The van der Waals surface area contributed by atoms with Crippen LogP contribution in [0.15, 0.2) is 6.20 Å². The van der Waals surface area contributed by atoms with Crippen LogP contribution in [0.1, 0.15) is 48.9 Å². The van der Waals surface area contributed by atoms with E-state index in [1.165, 1.54) is 11.3 Å². The second-order valence-electron chi connectivity index (χ2n) is 4.96. The van der Waals surface area contributed by atoms with Gasteiger partial charge in [-0.25, -0.2) is 4.98 Å². The Morgan fingerprint density at radius 3 is 2.75 bits per heavy atom. The third-order valence-electron chi connectivity index (χ3n) is 3.37. The number of hydrogen-bond acceptors (Lipinski definition) is 4. The van der Waals surface area contributed by atoms with Crippen LogP contribution >= 0.6 is 11.3 Å². The van der Waals surface area contributed by atoms with Gasteiger partial charge in [0.25, 0.3) is 0 Å². The molecule has 0 unspecified atom stereocenters. The Kier molecular flexibility index (Phi) is 3.62. The maximum atomic E-state index is 9.33. The molecule has 0 aromatic carbocycles. The summed E-state index contributed by atoms with van der Waals surface area (Å²) in [6, 6.07) is 0. The number of nitrogens with one attached hydrogen (secondary N) is 1. The number of rotatable bonds is 5. The molecule has 16 heavy (non-hydrogen) atoms. The van der Waals surface area contributed by atoms with E-state index in [0.717, 1.165) is 24.4 Å². The number of aromatic nitrogens is 1. The van der Waals surface area contributed by atoms with Crippen LogP contribution < -0.4 is 5.32 Å². The average Bonchev–Trinajstić information content (AvgIpc) is 2.65. The van der Waals surface area contributed by atoms with E-state index in [-0.39, 0.29) is 12.1 Å². The summed E-state index contributed by atoms with van der Waals surface area (Å²) >= 11 is 1.77. The molecule has 2 rings (SSSR count). The third kappa shape index (κ3) is 2.44. The van der Waals surface area contributed by atoms with E-state index in [9.17, 15) is 5.11 Å². The summed E-state index contributed by atoms with van der Waals surface area (Å²) in [7, 11) is 0. The molecule has 2 N–H and O–H groups in total. The Morgan fingerprint density at radius 2 is 2.31 bits per heavy atom. The second-order valence-corrected chi connectivity index (χ2v) is 6.10. The Morgan fingerprint density at radius 1 is 1.56 bits per heavy atom. The lowest BCUT2D eigenvalue weighted by Crippen LogP contribution is -2.53. The Hall–Kier alpha value is -0.450. The van der Waals surface area contributed by atoms with E-state index in [1.54, 1.807) is 11.3 Å². The van der Waals surface area contributed by atoms with Crippen LogP contribution in [0.3, 0.4) is 0 Å². The number of hydrogen-bond donors (Lipinski definition) is 2. The SMILES string of the molecule is CC(C)c1cnc(CNC2(CO)CCC2)s1. The van der Waals surface area contributed by atoms with Gasteiger partial charge in [-0.1, -0.05) is 13.8 Å². The quantitative estimate of drug-likeness (QED) is 0.830. The minimum absolute atomic E-state index is 0.0103. The van der Waals surface area contributed by atoms with Gasteiger partial charge in [0.1, 0.15) is 5.01 Å². The molecule has 0 radical (unpaired) electrons. The largest absolute Gasteiger partial charge is 0.394 e. The van der Waals surface area contributed by atoms with Crippen LogP contribution in [0, 0.1) is 0 Å². The second kappa shape index (κ2) is 4.82. The maximum Gasteiger partial charge on any atom is 0.107 e. The monoisotopic (exact) mass is 240 g/mol. The number of aliphatic hydroxyl groups is 1. The summed E-state index contributed by atoms with van der Waals surface area (Å²) in [6.07, 6.45) is 5.37. The zero-order chi connectivity index (χ0) is 11.6. The molecule has 0 spiro atoms. The first-order chi connectivity index (χ1) is 7.65. The first-order valence-corrected chi connectivity index (χ1v) is 6.77. The van der Waals surface area contributed by atoms with E-state index in [4.69, 9.17) is 0 Å². The normalized spacial score (nSPS) is 18.8. The predicted octanol–water partition coefficient (Wildman–Crippen LogP) is 2.27. The van der Waals surface area contributed by atoms with Gasteiger partial charge in [0.05, 0.1) is 6.61 Å². The van der Waals surface area contributed by atoms with E-state index in [1.807, 2.05) is 6.20 Å². The highest BCUT2D eigenvalue weighted by atomic mass is 32.1. The van der Waals surface area contributed by atoms with Crippen LogP contribution in [0.4, 0.5) is 0 Å². The van der Waals surface area contributed by atoms with E-state index >= 15 is 0 Å². The van der Waals surface area contributed by atoms with Crippen molar-refractivity contribution in [3.63, 3.8) is 0 Å². The molecule has 4 heteroatoms. The van der Waals surface area contributed by atoms with Gasteiger partial charge in [-0.2, -0.15) is 0 Å². The maximum absolute atomic E-state index is 9.33. The van der Waals surface area contributed by atoms with Crippen LogP contribution in [0.2, 0.25) is 0 Å². The van der Waals surface area contributed by atoms with Crippen LogP contribution in [0.25, 0.3) is 0 Å². The minimum atomic E-state index is -0.0103.